The highest BCUT2D eigenvalue weighted by molar-refractivity contribution is 5.90. The second kappa shape index (κ2) is 5.91. The summed E-state index contributed by atoms with van der Waals surface area (Å²) in [5.41, 5.74) is 5.60. The number of carbonyl (C=O) groups excluding carboxylic acids is 1. The summed E-state index contributed by atoms with van der Waals surface area (Å²) in [5, 5.41) is 0. The molecule has 0 aliphatic heterocycles. The molecule has 0 spiro atoms. The number of anilines is 1. The number of benzene rings is 1. The average molecular weight is 266 g/mol. The normalized spacial score (nSPS) is 15.5. The maximum atomic E-state index is 14.0. The first kappa shape index (κ1) is 13.6. The maximum absolute atomic E-state index is 14.0. The fourth-order valence-corrected chi connectivity index (χ4v) is 2.59. The van der Waals surface area contributed by atoms with Crippen molar-refractivity contribution in [2.24, 2.45) is 11.7 Å². The summed E-state index contributed by atoms with van der Waals surface area (Å²) in [4.78, 5) is 12.9. The molecule has 1 saturated carbocycles. The number of urea groups is 1. The second-order valence-electron chi connectivity index (χ2n) is 4.92. The lowest BCUT2D eigenvalue weighted by Gasteiger charge is -2.24. The molecule has 1 aliphatic rings. The van der Waals surface area contributed by atoms with Crippen molar-refractivity contribution in [1.29, 1.82) is 0 Å². The first-order chi connectivity index (χ1) is 9.11. The van der Waals surface area contributed by atoms with Gasteiger partial charge in [-0.05, 0) is 30.9 Å². The van der Waals surface area contributed by atoms with Gasteiger partial charge in [-0.25, -0.2) is 9.18 Å². The molecule has 1 aromatic carbocycles. The summed E-state index contributed by atoms with van der Waals surface area (Å²) in [6.45, 7) is 0.485. The van der Waals surface area contributed by atoms with Gasteiger partial charge in [-0.15, -0.1) is 0 Å². The van der Waals surface area contributed by atoms with Crippen molar-refractivity contribution in [1.82, 2.24) is 0 Å². The summed E-state index contributed by atoms with van der Waals surface area (Å²) >= 11 is 0. The van der Waals surface area contributed by atoms with E-state index in [1.165, 1.54) is 37.0 Å². The molecule has 2 amide bonds. The molecule has 1 aliphatic carbocycles. The molecule has 0 aromatic heterocycles. The van der Waals surface area contributed by atoms with Crippen LogP contribution in [0.15, 0.2) is 18.2 Å². The molecule has 0 unspecified atom stereocenters. The number of rotatable bonds is 4. The number of ether oxygens (including phenoxy) is 1. The fraction of sp³-hybridized carbons (Fsp3) is 0.500. The van der Waals surface area contributed by atoms with Crippen molar-refractivity contribution in [3.8, 4) is 5.75 Å². The van der Waals surface area contributed by atoms with E-state index in [9.17, 15) is 9.18 Å². The SMILES string of the molecule is COc1ccc(N(CC2CCCC2)C(N)=O)c(F)c1. The Bertz CT molecular complexity index is 459. The standard InChI is InChI=1S/C14H19FN2O2/c1-19-11-6-7-13(12(15)8-11)17(14(16)18)9-10-4-2-3-5-10/h6-8,10H,2-5,9H2,1H3,(H2,16,18). The zero-order valence-electron chi connectivity index (χ0n) is 11.1. The Labute approximate surface area is 112 Å². The van der Waals surface area contributed by atoms with Crippen LogP contribution in [0.2, 0.25) is 0 Å². The molecule has 5 heteroatoms. The molecule has 104 valence electrons. The van der Waals surface area contributed by atoms with E-state index in [0.29, 0.717) is 18.2 Å². The minimum absolute atomic E-state index is 0.222. The van der Waals surface area contributed by atoms with E-state index in [1.54, 1.807) is 6.07 Å². The van der Waals surface area contributed by atoms with Crippen LogP contribution in [0.25, 0.3) is 0 Å². The van der Waals surface area contributed by atoms with Gasteiger partial charge < -0.3 is 10.5 Å². The second-order valence-corrected chi connectivity index (χ2v) is 4.92. The summed E-state index contributed by atoms with van der Waals surface area (Å²) < 4.78 is 18.9. The van der Waals surface area contributed by atoms with Crippen molar-refractivity contribution in [2.45, 2.75) is 25.7 Å². The van der Waals surface area contributed by atoms with E-state index in [2.05, 4.69) is 0 Å². The predicted octanol–water partition coefficient (Wildman–Crippen LogP) is 2.91. The van der Waals surface area contributed by atoms with E-state index in [1.807, 2.05) is 0 Å². The van der Waals surface area contributed by atoms with Crippen molar-refractivity contribution >= 4 is 11.7 Å². The molecular formula is C14H19FN2O2. The van der Waals surface area contributed by atoms with E-state index >= 15 is 0 Å². The van der Waals surface area contributed by atoms with Crippen LogP contribution in [0.5, 0.6) is 5.75 Å². The Hall–Kier alpha value is -1.78. The Balaban J connectivity index is 2.20. The predicted molar refractivity (Wildman–Crippen MR) is 71.8 cm³/mol. The van der Waals surface area contributed by atoms with Crippen LogP contribution in [0.3, 0.4) is 0 Å². The number of hydrogen-bond donors (Lipinski definition) is 1. The van der Waals surface area contributed by atoms with E-state index in [0.717, 1.165) is 12.8 Å². The van der Waals surface area contributed by atoms with Gasteiger partial charge in [0.25, 0.3) is 0 Å². The molecule has 0 radical (unpaired) electrons. The fourth-order valence-electron chi connectivity index (χ4n) is 2.59. The Morgan fingerprint density at radius 1 is 1.47 bits per heavy atom. The van der Waals surface area contributed by atoms with Gasteiger partial charge in [-0.1, -0.05) is 12.8 Å². The summed E-state index contributed by atoms with van der Waals surface area (Å²) in [5.74, 6) is 0.344. The topological polar surface area (TPSA) is 55.6 Å². The van der Waals surface area contributed by atoms with Crippen molar-refractivity contribution < 1.29 is 13.9 Å². The van der Waals surface area contributed by atoms with E-state index in [4.69, 9.17) is 10.5 Å². The largest absolute Gasteiger partial charge is 0.497 e. The van der Waals surface area contributed by atoms with Crippen LogP contribution < -0.4 is 15.4 Å². The zero-order valence-corrected chi connectivity index (χ0v) is 11.1. The number of nitrogens with two attached hydrogens (primary N) is 1. The molecule has 0 heterocycles. The number of methoxy groups -OCH3 is 1. The van der Waals surface area contributed by atoms with Crippen LogP contribution in [0.4, 0.5) is 14.9 Å². The monoisotopic (exact) mass is 266 g/mol. The highest BCUT2D eigenvalue weighted by atomic mass is 19.1. The number of amides is 2. The quantitative estimate of drug-likeness (QED) is 0.911. The Kier molecular flexibility index (Phi) is 4.24. The highest BCUT2D eigenvalue weighted by Gasteiger charge is 2.23. The molecular weight excluding hydrogens is 247 g/mol. The van der Waals surface area contributed by atoms with Crippen molar-refractivity contribution in [3.63, 3.8) is 0 Å². The minimum atomic E-state index is -0.615. The summed E-state index contributed by atoms with van der Waals surface area (Å²) in [7, 11) is 1.47. The van der Waals surface area contributed by atoms with Crippen LogP contribution in [0, 0.1) is 11.7 Å². The van der Waals surface area contributed by atoms with Crippen LogP contribution >= 0.6 is 0 Å². The third-order valence-corrected chi connectivity index (χ3v) is 3.63. The molecule has 0 atom stereocenters. The number of hydrogen-bond acceptors (Lipinski definition) is 2. The number of nitrogens with zero attached hydrogens (tertiary/aromatic N) is 1. The molecule has 0 bridgehead atoms. The maximum Gasteiger partial charge on any atom is 0.319 e. The van der Waals surface area contributed by atoms with Crippen molar-refractivity contribution in [3.05, 3.63) is 24.0 Å². The number of primary amides is 1. The Morgan fingerprint density at radius 2 is 2.16 bits per heavy atom. The third-order valence-electron chi connectivity index (χ3n) is 3.63. The van der Waals surface area contributed by atoms with Gasteiger partial charge >= 0.3 is 6.03 Å². The van der Waals surface area contributed by atoms with Crippen LogP contribution in [-0.2, 0) is 0 Å². The van der Waals surface area contributed by atoms with Gasteiger partial charge in [0.15, 0.2) is 5.82 Å². The molecule has 1 fully saturated rings. The smallest absolute Gasteiger partial charge is 0.319 e. The molecule has 2 N–H and O–H groups in total. The van der Waals surface area contributed by atoms with Gasteiger partial charge in [0.05, 0.1) is 12.8 Å². The zero-order chi connectivity index (χ0) is 13.8. The van der Waals surface area contributed by atoms with Gasteiger partial charge in [-0.2, -0.15) is 0 Å². The average Bonchev–Trinajstić information content (AvgIpc) is 2.89. The third kappa shape index (κ3) is 3.16. The molecule has 4 nitrogen and oxygen atoms in total. The number of carbonyl (C=O) groups is 1. The lowest BCUT2D eigenvalue weighted by atomic mass is 10.1. The summed E-state index contributed by atoms with van der Waals surface area (Å²) in [6, 6.07) is 3.81. The van der Waals surface area contributed by atoms with Crippen LogP contribution in [-0.4, -0.2) is 19.7 Å². The van der Waals surface area contributed by atoms with Gasteiger partial charge in [0.1, 0.15) is 5.75 Å². The van der Waals surface area contributed by atoms with E-state index in [-0.39, 0.29) is 5.69 Å². The lowest BCUT2D eigenvalue weighted by molar-refractivity contribution is 0.252. The number of halogens is 1. The van der Waals surface area contributed by atoms with Gasteiger partial charge in [0, 0.05) is 12.6 Å². The van der Waals surface area contributed by atoms with Crippen LogP contribution in [0.1, 0.15) is 25.7 Å². The van der Waals surface area contributed by atoms with Crippen molar-refractivity contribution in [2.75, 3.05) is 18.6 Å². The first-order valence-corrected chi connectivity index (χ1v) is 6.52. The highest BCUT2D eigenvalue weighted by Crippen LogP contribution is 2.29. The molecule has 1 aromatic rings. The summed E-state index contributed by atoms with van der Waals surface area (Å²) in [6.07, 6.45) is 4.48. The first-order valence-electron chi connectivity index (χ1n) is 6.52. The molecule has 2 rings (SSSR count). The van der Waals surface area contributed by atoms with Gasteiger partial charge in [0.2, 0.25) is 0 Å². The molecule has 19 heavy (non-hydrogen) atoms. The molecule has 0 saturated heterocycles. The lowest BCUT2D eigenvalue weighted by Crippen LogP contribution is -2.39. The van der Waals surface area contributed by atoms with Gasteiger partial charge in [-0.3, -0.25) is 4.90 Å². The minimum Gasteiger partial charge on any atom is -0.497 e. The Morgan fingerprint density at radius 3 is 2.68 bits per heavy atom. The van der Waals surface area contributed by atoms with E-state index < -0.39 is 11.8 Å².